The monoisotopic (exact) mass is 256 g/mol. The van der Waals surface area contributed by atoms with Crippen molar-refractivity contribution >= 4 is 11.6 Å². The van der Waals surface area contributed by atoms with Gasteiger partial charge in [-0.3, -0.25) is 4.79 Å². The van der Waals surface area contributed by atoms with Crippen LogP contribution < -0.4 is 10.2 Å². The van der Waals surface area contributed by atoms with E-state index < -0.39 is 0 Å². The van der Waals surface area contributed by atoms with Crippen molar-refractivity contribution in [3.05, 3.63) is 28.8 Å². The summed E-state index contributed by atoms with van der Waals surface area (Å²) in [6, 6.07) is 4.72. The molecule has 0 aromatic heterocycles. The summed E-state index contributed by atoms with van der Waals surface area (Å²) in [5.41, 5.74) is 5.56. The summed E-state index contributed by atoms with van der Waals surface area (Å²) in [6.07, 6.45) is 5.18. The maximum Gasteiger partial charge on any atom is 0.227 e. The highest BCUT2D eigenvalue weighted by molar-refractivity contribution is 5.98. The smallest absolute Gasteiger partial charge is 0.227 e. The lowest BCUT2D eigenvalue weighted by Gasteiger charge is -2.26. The molecule has 1 atom stereocenters. The van der Waals surface area contributed by atoms with Crippen molar-refractivity contribution in [1.82, 2.24) is 5.32 Å². The zero-order valence-electron chi connectivity index (χ0n) is 11.2. The Kier molecular flexibility index (Phi) is 2.62. The number of nitrogens with zero attached hydrogens (tertiary/aromatic N) is 1. The van der Waals surface area contributed by atoms with Gasteiger partial charge in [0.05, 0.1) is 5.69 Å². The Bertz CT molecular complexity index is 532. The van der Waals surface area contributed by atoms with Gasteiger partial charge in [0.25, 0.3) is 0 Å². The predicted molar refractivity (Wildman–Crippen MR) is 75.5 cm³/mol. The second-order valence-electron chi connectivity index (χ2n) is 6.12. The minimum absolute atomic E-state index is 0.319. The minimum Gasteiger partial charge on any atom is -0.316 e. The highest BCUT2D eigenvalue weighted by Gasteiger charge is 2.31. The van der Waals surface area contributed by atoms with Crippen LogP contribution in [-0.4, -0.2) is 25.5 Å². The van der Waals surface area contributed by atoms with Crippen LogP contribution in [0.15, 0.2) is 12.1 Å². The topological polar surface area (TPSA) is 32.3 Å². The third-order valence-electron chi connectivity index (χ3n) is 4.80. The second-order valence-corrected chi connectivity index (χ2v) is 6.12. The van der Waals surface area contributed by atoms with E-state index in [4.69, 9.17) is 0 Å². The second kappa shape index (κ2) is 4.34. The van der Waals surface area contributed by atoms with Crippen LogP contribution in [0.1, 0.15) is 29.5 Å². The molecule has 19 heavy (non-hydrogen) atoms. The van der Waals surface area contributed by atoms with Crippen LogP contribution in [0.25, 0.3) is 0 Å². The van der Waals surface area contributed by atoms with E-state index in [1.807, 2.05) is 4.90 Å². The standard InChI is InChI=1S/C16H20N2O/c19-15-2-1-13-8-12(7-11-3-5-17-10-11)9-14-4-6-18(15)16(13)14/h8-9,11,17H,1-7,10H2. The fourth-order valence-corrected chi connectivity index (χ4v) is 3.87. The van der Waals surface area contributed by atoms with Gasteiger partial charge >= 0.3 is 0 Å². The number of hydrogen-bond donors (Lipinski definition) is 1. The van der Waals surface area contributed by atoms with Crippen molar-refractivity contribution in [3.8, 4) is 0 Å². The SMILES string of the molecule is O=C1CCc2cc(CC3CCNC3)cc3c2N1CC3. The van der Waals surface area contributed by atoms with E-state index in [0.717, 1.165) is 31.8 Å². The molecule has 3 heteroatoms. The number of carbonyl (C=O) groups excluding carboxylic acids is 1. The van der Waals surface area contributed by atoms with Gasteiger partial charge in [0.1, 0.15) is 0 Å². The van der Waals surface area contributed by atoms with Gasteiger partial charge in [0.15, 0.2) is 0 Å². The lowest BCUT2D eigenvalue weighted by atomic mass is 9.92. The molecule has 1 aromatic rings. The van der Waals surface area contributed by atoms with E-state index >= 15 is 0 Å². The summed E-state index contributed by atoms with van der Waals surface area (Å²) in [6.45, 7) is 3.23. The number of anilines is 1. The molecule has 1 fully saturated rings. The van der Waals surface area contributed by atoms with E-state index in [0.29, 0.717) is 12.3 Å². The largest absolute Gasteiger partial charge is 0.316 e. The summed E-state index contributed by atoms with van der Waals surface area (Å²) in [4.78, 5) is 13.9. The molecule has 0 aliphatic carbocycles. The Balaban J connectivity index is 1.67. The summed E-state index contributed by atoms with van der Waals surface area (Å²) in [7, 11) is 0. The molecule has 3 aliphatic rings. The van der Waals surface area contributed by atoms with E-state index in [1.165, 1.54) is 41.8 Å². The van der Waals surface area contributed by atoms with Crippen LogP contribution >= 0.6 is 0 Å². The van der Waals surface area contributed by atoms with E-state index in [1.54, 1.807) is 0 Å². The molecule has 1 aromatic carbocycles. The van der Waals surface area contributed by atoms with Crippen molar-refractivity contribution < 1.29 is 4.79 Å². The molecule has 100 valence electrons. The summed E-state index contributed by atoms with van der Waals surface area (Å²) in [5.74, 6) is 1.12. The quantitative estimate of drug-likeness (QED) is 0.873. The lowest BCUT2D eigenvalue weighted by molar-refractivity contribution is -0.118. The number of rotatable bonds is 2. The first-order chi connectivity index (χ1) is 9.31. The van der Waals surface area contributed by atoms with Crippen LogP contribution in [0.2, 0.25) is 0 Å². The zero-order chi connectivity index (χ0) is 12.8. The average Bonchev–Trinajstić information content (AvgIpc) is 3.04. The van der Waals surface area contributed by atoms with Crippen molar-refractivity contribution in [2.75, 3.05) is 24.5 Å². The van der Waals surface area contributed by atoms with Gasteiger partial charge < -0.3 is 10.2 Å². The molecular formula is C16H20N2O. The van der Waals surface area contributed by atoms with Crippen LogP contribution in [0, 0.1) is 5.92 Å². The molecule has 0 radical (unpaired) electrons. The van der Waals surface area contributed by atoms with Crippen molar-refractivity contribution in [2.45, 2.75) is 32.1 Å². The summed E-state index contributed by atoms with van der Waals surface area (Å²) < 4.78 is 0. The molecule has 3 aliphatic heterocycles. The minimum atomic E-state index is 0.319. The van der Waals surface area contributed by atoms with Gasteiger partial charge in [-0.05, 0) is 61.4 Å². The lowest BCUT2D eigenvalue weighted by Crippen LogP contribution is -2.32. The van der Waals surface area contributed by atoms with Gasteiger partial charge in [0.2, 0.25) is 5.91 Å². The molecule has 1 saturated heterocycles. The van der Waals surface area contributed by atoms with Gasteiger partial charge in [0, 0.05) is 13.0 Å². The number of amides is 1. The molecule has 0 saturated carbocycles. The number of carbonyl (C=O) groups is 1. The molecule has 0 bridgehead atoms. The highest BCUT2D eigenvalue weighted by Crippen LogP contribution is 2.38. The number of nitrogens with one attached hydrogen (secondary N) is 1. The zero-order valence-corrected chi connectivity index (χ0v) is 11.2. The van der Waals surface area contributed by atoms with E-state index in [9.17, 15) is 4.79 Å². The van der Waals surface area contributed by atoms with Crippen LogP contribution in [0.3, 0.4) is 0 Å². The maximum atomic E-state index is 11.9. The Morgan fingerprint density at radius 3 is 2.84 bits per heavy atom. The fraction of sp³-hybridized carbons (Fsp3) is 0.562. The summed E-state index contributed by atoms with van der Waals surface area (Å²) >= 11 is 0. The van der Waals surface area contributed by atoms with Crippen LogP contribution in [0.4, 0.5) is 5.69 Å². The van der Waals surface area contributed by atoms with E-state index in [2.05, 4.69) is 17.4 Å². The Labute approximate surface area is 114 Å². The van der Waals surface area contributed by atoms with Gasteiger partial charge in [-0.2, -0.15) is 0 Å². The molecule has 1 unspecified atom stereocenters. The molecule has 1 N–H and O–H groups in total. The van der Waals surface area contributed by atoms with Crippen molar-refractivity contribution in [2.24, 2.45) is 5.92 Å². The number of aryl methyl sites for hydroxylation is 1. The Morgan fingerprint density at radius 2 is 2.05 bits per heavy atom. The van der Waals surface area contributed by atoms with Crippen molar-refractivity contribution in [3.63, 3.8) is 0 Å². The first kappa shape index (κ1) is 11.5. The highest BCUT2D eigenvalue weighted by atomic mass is 16.2. The fourth-order valence-electron chi connectivity index (χ4n) is 3.87. The third kappa shape index (κ3) is 1.88. The number of hydrogen-bond acceptors (Lipinski definition) is 2. The molecule has 0 spiro atoms. The maximum absolute atomic E-state index is 11.9. The molecule has 3 heterocycles. The Morgan fingerprint density at radius 1 is 1.21 bits per heavy atom. The van der Waals surface area contributed by atoms with Gasteiger partial charge in [-0.25, -0.2) is 0 Å². The summed E-state index contributed by atoms with van der Waals surface area (Å²) in [5, 5.41) is 3.44. The Hall–Kier alpha value is -1.35. The first-order valence-electron chi connectivity index (χ1n) is 7.47. The molecular weight excluding hydrogens is 236 g/mol. The molecule has 1 amide bonds. The van der Waals surface area contributed by atoms with Crippen LogP contribution in [0.5, 0.6) is 0 Å². The molecule has 3 nitrogen and oxygen atoms in total. The van der Waals surface area contributed by atoms with Crippen molar-refractivity contribution in [1.29, 1.82) is 0 Å². The van der Waals surface area contributed by atoms with Gasteiger partial charge in [-0.1, -0.05) is 12.1 Å². The molecule has 4 rings (SSSR count). The average molecular weight is 256 g/mol. The van der Waals surface area contributed by atoms with Crippen LogP contribution in [-0.2, 0) is 24.1 Å². The van der Waals surface area contributed by atoms with Gasteiger partial charge in [-0.15, -0.1) is 0 Å². The predicted octanol–water partition coefficient (Wildman–Crippen LogP) is 1.67. The first-order valence-corrected chi connectivity index (χ1v) is 7.47. The normalized spacial score (nSPS) is 24.9. The number of benzene rings is 1. The third-order valence-corrected chi connectivity index (χ3v) is 4.80. The van der Waals surface area contributed by atoms with E-state index in [-0.39, 0.29) is 0 Å².